The summed E-state index contributed by atoms with van der Waals surface area (Å²) in [5, 5.41) is 11.7. The van der Waals surface area contributed by atoms with Crippen LogP contribution in [0.15, 0.2) is 24.5 Å². The van der Waals surface area contributed by atoms with E-state index in [0.717, 1.165) is 5.56 Å². The Balaban J connectivity index is 2.52. The second kappa shape index (κ2) is 7.03. The van der Waals surface area contributed by atoms with Gasteiger partial charge in [-0.1, -0.05) is 26.8 Å². The van der Waals surface area contributed by atoms with Crippen LogP contribution in [0.2, 0.25) is 0 Å². The molecule has 1 heterocycles. The highest BCUT2D eigenvalue weighted by Gasteiger charge is 2.28. The molecule has 0 radical (unpaired) electrons. The molecule has 0 aliphatic rings. The van der Waals surface area contributed by atoms with Crippen LogP contribution in [0.5, 0.6) is 0 Å². The van der Waals surface area contributed by atoms with E-state index in [1.165, 1.54) is 0 Å². The molecule has 5 nitrogen and oxygen atoms in total. The van der Waals surface area contributed by atoms with Crippen LogP contribution in [-0.4, -0.2) is 28.0 Å². The van der Waals surface area contributed by atoms with Gasteiger partial charge in [0.25, 0.3) is 0 Å². The number of carbonyl (C=O) groups is 2. The number of carboxylic acids is 1. The maximum Gasteiger partial charge on any atom is 0.305 e. The number of carboxylic acid groups (broad SMARTS) is 1. The number of aromatic nitrogens is 1. The van der Waals surface area contributed by atoms with Gasteiger partial charge in [0.05, 0.1) is 6.42 Å². The molecule has 1 amide bonds. The Labute approximate surface area is 119 Å². The van der Waals surface area contributed by atoms with Crippen molar-refractivity contribution in [2.24, 2.45) is 5.41 Å². The van der Waals surface area contributed by atoms with Crippen LogP contribution in [0.25, 0.3) is 0 Å². The van der Waals surface area contributed by atoms with Crippen molar-refractivity contribution in [2.45, 2.75) is 46.1 Å². The van der Waals surface area contributed by atoms with Crippen molar-refractivity contribution in [3.63, 3.8) is 0 Å². The molecule has 0 aliphatic heterocycles. The second-order valence-electron chi connectivity index (χ2n) is 5.95. The third kappa shape index (κ3) is 5.82. The molecule has 1 aromatic heterocycles. The molecule has 110 valence electrons. The van der Waals surface area contributed by atoms with Crippen LogP contribution in [0.1, 0.15) is 39.2 Å². The Bertz CT molecular complexity index is 452. The molecule has 0 aliphatic carbocycles. The van der Waals surface area contributed by atoms with Crippen molar-refractivity contribution in [2.75, 3.05) is 0 Å². The standard InChI is InChI=1S/C15H22N2O3/c1-15(2,3)12(9-14(19)20)17-13(18)7-6-11-5-4-8-16-10-11/h4-5,8,10,12H,6-7,9H2,1-3H3,(H,17,18)(H,19,20). The Morgan fingerprint density at radius 2 is 2.10 bits per heavy atom. The van der Waals surface area contributed by atoms with Gasteiger partial charge in [0.1, 0.15) is 0 Å². The molecule has 1 unspecified atom stereocenters. The van der Waals surface area contributed by atoms with Crippen LogP contribution in [0.3, 0.4) is 0 Å². The predicted molar refractivity (Wildman–Crippen MR) is 76.2 cm³/mol. The van der Waals surface area contributed by atoms with E-state index >= 15 is 0 Å². The molecule has 2 N–H and O–H groups in total. The van der Waals surface area contributed by atoms with Gasteiger partial charge >= 0.3 is 5.97 Å². The Morgan fingerprint density at radius 3 is 2.60 bits per heavy atom. The molecule has 0 bridgehead atoms. The smallest absolute Gasteiger partial charge is 0.305 e. The number of nitrogens with one attached hydrogen (secondary N) is 1. The molecule has 1 rings (SSSR count). The van der Waals surface area contributed by atoms with Gasteiger partial charge in [-0.2, -0.15) is 0 Å². The number of hydrogen-bond donors (Lipinski definition) is 2. The molecular formula is C15H22N2O3. The highest BCUT2D eigenvalue weighted by atomic mass is 16.4. The van der Waals surface area contributed by atoms with E-state index in [0.29, 0.717) is 12.8 Å². The first-order chi connectivity index (χ1) is 9.29. The first kappa shape index (κ1) is 16.1. The van der Waals surface area contributed by atoms with Crippen molar-refractivity contribution < 1.29 is 14.7 Å². The molecule has 1 atom stereocenters. The quantitative estimate of drug-likeness (QED) is 0.834. The van der Waals surface area contributed by atoms with Gasteiger partial charge in [-0.3, -0.25) is 14.6 Å². The fourth-order valence-corrected chi connectivity index (χ4v) is 1.82. The maximum atomic E-state index is 11.9. The number of rotatable bonds is 6. The molecule has 0 fully saturated rings. The number of carbonyl (C=O) groups excluding carboxylic acids is 1. The SMILES string of the molecule is CC(C)(C)C(CC(=O)O)NC(=O)CCc1cccnc1. The molecule has 0 saturated heterocycles. The second-order valence-corrected chi connectivity index (χ2v) is 5.95. The van der Waals surface area contributed by atoms with E-state index in [1.54, 1.807) is 12.4 Å². The number of aliphatic carboxylic acids is 1. The lowest BCUT2D eigenvalue weighted by molar-refractivity contribution is -0.138. The topological polar surface area (TPSA) is 79.3 Å². The third-order valence-electron chi connectivity index (χ3n) is 3.12. The summed E-state index contributed by atoms with van der Waals surface area (Å²) < 4.78 is 0. The predicted octanol–water partition coefficient (Wildman–Crippen LogP) is 2.02. The molecule has 1 aromatic rings. The summed E-state index contributed by atoms with van der Waals surface area (Å²) in [5.74, 6) is -1.03. The minimum Gasteiger partial charge on any atom is -0.481 e. The van der Waals surface area contributed by atoms with Gasteiger partial charge in [-0.15, -0.1) is 0 Å². The zero-order valence-corrected chi connectivity index (χ0v) is 12.2. The highest BCUT2D eigenvalue weighted by Crippen LogP contribution is 2.22. The van der Waals surface area contributed by atoms with E-state index in [-0.39, 0.29) is 23.8 Å². The fraction of sp³-hybridized carbons (Fsp3) is 0.533. The van der Waals surface area contributed by atoms with Gasteiger partial charge in [-0.25, -0.2) is 0 Å². The average molecular weight is 278 g/mol. The van der Waals surface area contributed by atoms with Gasteiger partial charge < -0.3 is 10.4 Å². The van der Waals surface area contributed by atoms with E-state index in [2.05, 4.69) is 10.3 Å². The number of amides is 1. The van der Waals surface area contributed by atoms with Crippen LogP contribution in [-0.2, 0) is 16.0 Å². The molecule has 0 aromatic carbocycles. The number of nitrogens with zero attached hydrogens (tertiary/aromatic N) is 1. The molecule has 20 heavy (non-hydrogen) atoms. The fourth-order valence-electron chi connectivity index (χ4n) is 1.82. The maximum absolute atomic E-state index is 11.9. The number of pyridine rings is 1. The van der Waals surface area contributed by atoms with Crippen LogP contribution < -0.4 is 5.32 Å². The zero-order valence-electron chi connectivity index (χ0n) is 12.2. The van der Waals surface area contributed by atoms with Gasteiger partial charge in [0, 0.05) is 24.9 Å². The zero-order chi connectivity index (χ0) is 15.2. The molecule has 0 saturated carbocycles. The summed E-state index contributed by atoms with van der Waals surface area (Å²) in [7, 11) is 0. The van der Waals surface area contributed by atoms with Crippen LogP contribution in [0, 0.1) is 5.41 Å². The van der Waals surface area contributed by atoms with Crippen LogP contribution >= 0.6 is 0 Å². The first-order valence-electron chi connectivity index (χ1n) is 6.69. The van der Waals surface area contributed by atoms with E-state index in [9.17, 15) is 9.59 Å². The summed E-state index contributed by atoms with van der Waals surface area (Å²) in [6.07, 6.45) is 4.28. The summed E-state index contributed by atoms with van der Waals surface area (Å²) in [4.78, 5) is 26.8. The Hall–Kier alpha value is -1.91. The van der Waals surface area contributed by atoms with Crippen molar-refractivity contribution >= 4 is 11.9 Å². The average Bonchev–Trinajstić information content (AvgIpc) is 2.35. The Morgan fingerprint density at radius 1 is 1.40 bits per heavy atom. The molecular weight excluding hydrogens is 256 g/mol. The van der Waals surface area contributed by atoms with Gasteiger partial charge in [0.2, 0.25) is 5.91 Å². The summed E-state index contributed by atoms with van der Waals surface area (Å²) in [6, 6.07) is 3.37. The van der Waals surface area contributed by atoms with Crippen molar-refractivity contribution in [1.29, 1.82) is 0 Å². The number of aryl methyl sites for hydroxylation is 1. The van der Waals surface area contributed by atoms with E-state index < -0.39 is 5.97 Å². The highest BCUT2D eigenvalue weighted by molar-refractivity contribution is 5.77. The lowest BCUT2D eigenvalue weighted by Gasteiger charge is -2.30. The summed E-state index contributed by atoms with van der Waals surface area (Å²) >= 11 is 0. The summed E-state index contributed by atoms with van der Waals surface area (Å²) in [6.45, 7) is 5.76. The van der Waals surface area contributed by atoms with Crippen LogP contribution in [0.4, 0.5) is 0 Å². The van der Waals surface area contributed by atoms with Gasteiger partial charge in [-0.05, 0) is 23.5 Å². The third-order valence-corrected chi connectivity index (χ3v) is 3.12. The van der Waals surface area contributed by atoms with Crippen molar-refractivity contribution in [3.05, 3.63) is 30.1 Å². The van der Waals surface area contributed by atoms with Gasteiger partial charge in [0.15, 0.2) is 0 Å². The van der Waals surface area contributed by atoms with E-state index in [4.69, 9.17) is 5.11 Å². The normalized spacial score (nSPS) is 12.8. The summed E-state index contributed by atoms with van der Waals surface area (Å²) in [5.41, 5.74) is 0.704. The molecule has 0 spiro atoms. The lowest BCUT2D eigenvalue weighted by Crippen LogP contribution is -2.45. The lowest BCUT2D eigenvalue weighted by atomic mass is 9.84. The van der Waals surface area contributed by atoms with Crippen molar-refractivity contribution in [1.82, 2.24) is 10.3 Å². The molecule has 5 heteroatoms. The minimum absolute atomic E-state index is 0.0673. The Kier molecular flexibility index (Phi) is 5.67. The minimum atomic E-state index is -0.905. The monoisotopic (exact) mass is 278 g/mol. The van der Waals surface area contributed by atoms with E-state index in [1.807, 2.05) is 32.9 Å². The first-order valence-corrected chi connectivity index (χ1v) is 6.69. The number of hydrogen-bond acceptors (Lipinski definition) is 3. The van der Waals surface area contributed by atoms with Crippen molar-refractivity contribution in [3.8, 4) is 0 Å². The largest absolute Gasteiger partial charge is 0.481 e.